The third-order valence-electron chi connectivity index (χ3n) is 4.99. The molecule has 20 heavy (non-hydrogen) atoms. The second kappa shape index (κ2) is 7.15. The maximum atomic E-state index is 5.53. The highest BCUT2D eigenvalue weighted by Gasteiger charge is 2.30. The summed E-state index contributed by atoms with van der Waals surface area (Å²) in [6, 6.07) is 8.79. The van der Waals surface area contributed by atoms with Crippen molar-refractivity contribution in [2.24, 2.45) is 5.41 Å². The van der Waals surface area contributed by atoms with Crippen molar-refractivity contribution in [1.82, 2.24) is 0 Å². The first-order valence-corrected chi connectivity index (χ1v) is 8.39. The normalized spacial score (nSPS) is 26.4. The van der Waals surface area contributed by atoms with Crippen molar-refractivity contribution >= 4 is 0 Å². The average Bonchev–Trinajstić information content (AvgIpc) is 2.47. The lowest BCUT2D eigenvalue weighted by atomic mass is 9.68. The van der Waals surface area contributed by atoms with Gasteiger partial charge in [-0.2, -0.15) is 0 Å². The Bertz CT molecular complexity index is 385. The largest absolute Gasteiger partial charge is 0.494 e. The first-order chi connectivity index (χ1) is 9.67. The maximum Gasteiger partial charge on any atom is 0.119 e. The quantitative estimate of drug-likeness (QED) is 0.623. The van der Waals surface area contributed by atoms with E-state index in [0.29, 0.717) is 5.41 Å². The molecule has 2 rings (SSSR count). The molecule has 1 fully saturated rings. The Morgan fingerprint density at radius 2 is 1.75 bits per heavy atom. The Morgan fingerprint density at radius 3 is 2.30 bits per heavy atom. The van der Waals surface area contributed by atoms with Crippen molar-refractivity contribution in [1.29, 1.82) is 0 Å². The van der Waals surface area contributed by atoms with E-state index in [1.165, 1.54) is 50.5 Å². The molecule has 0 aliphatic heterocycles. The van der Waals surface area contributed by atoms with Gasteiger partial charge in [0, 0.05) is 0 Å². The predicted octanol–water partition coefficient (Wildman–Crippen LogP) is 5.94. The summed E-state index contributed by atoms with van der Waals surface area (Å²) in [7, 11) is 0. The van der Waals surface area contributed by atoms with Crippen LogP contribution in [0.4, 0.5) is 0 Å². The lowest BCUT2D eigenvalue weighted by molar-refractivity contribution is 0.179. The molecule has 0 atom stereocenters. The molecule has 0 N–H and O–H groups in total. The molecule has 0 radical (unpaired) electrons. The van der Waals surface area contributed by atoms with Crippen LogP contribution < -0.4 is 4.74 Å². The van der Waals surface area contributed by atoms with E-state index in [0.717, 1.165) is 18.3 Å². The average molecular weight is 274 g/mol. The van der Waals surface area contributed by atoms with Crippen LogP contribution >= 0.6 is 0 Å². The molecule has 0 aromatic heterocycles. The summed E-state index contributed by atoms with van der Waals surface area (Å²) in [4.78, 5) is 0. The van der Waals surface area contributed by atoms with Crippen molar-refractivity contribution < 1.29 is 4.74 Å². The zero-order valence-corrected chi connectivity index (χ0v) is 13.5. The summed E-state index contributed by atoms with van der Waals surface area (Å²) in [6.45, 7) is 7.58. The zero-order valence-electron chi connectivity index (χ0n) is 13.5. The molecule has 1 aliphatic carbocycles. The highest BCUT2D eigenvalue weighted by Crippen LogP contribution is 2.45. The van der Waals surface area contributed by atoms with E-state index in [9.17, 15) is 0 Å². The van der Waals surface area contributed by atoms with Crippen LogP contribution in [0, 0.1) is 5.41 Å². The second-order valence-corrected chi connectivity index (χ2v) is 6.69. The molecule has 1 aromatic rings. The van der Waals surface area contributed by atoms with Gasteiger partial charge in [0.2, 0.25) is 0 Å². The van der Waals surface area contributed by atoms with Crippen LogP contribution in [0.2, 0.25) is 0 Å². The molecule has 1 saturated carbocycles. The molecule has 1 aliphatic rings. The van der Waals surface area contributed by atoms with Crippen LogP contribution in [0.25, 0.3) is 0 Å². The van der Waals surface area contributed by atoms with E-state index in [2.05, 4.69) is 38.1 Å². The second-order valence-electron chi connectivity index (χ2n) is 6.69. The molecule has 0 heterocycles. The van der Waals surface area contributed by atoms with E-state index in [-0.39, 0.29) is 0 Å². The van der Waals surface area contributed by atoms with Crippen molar-refractivity contribution in [2.45, 2.75) is 71.6 Å². The number of ether oxygens (including phenoxy) is 1. The van der Waals surface area contributed by atoms with Crippen molar-refractivity contribution in [3.63, 3.8) is 0 Å². The molecular weight excluding hydrogens is 244 g/mol. The van der Waals surface area contributed by atoms with E-state index < -0.39 is 0 Å². The fraction of sp³-hybridized carbons (Fsp3) is 0.684. The number of benzene rings is 1. The topological polar surface area (TPSA) is 9.23 Å². The van der Waals surface area contributed by atoms with Crippen LogP contribution in [-0.4, -0.2) is 6.61 Å². The van der Waals surface area contributed by atoms with Crippen molar-refractivity contribution in [3.8, 4) is 5.75 Å². The Labute approximate surface area is 124 Å². The van der Waals surface area contributed by atoms with Crippen LogP contribution in [0.3, 0.4) is 0 Å². The standard InChI is InChI=1S/C19H30O/c1-4-6-13-19(3)14-11-17(12-15-19)16-7-9-18(10-8-16)20-5-2/h7-10,17H,4-6,11-15H2,1-3H3/t17-,19+. The van der Waals surface area contributed by atoms with Crippen LogP contribution in [0.5, 0.6) is 5.75 Å². The smallest absolute Gasteiger partial charge is 0.119 e. The molecule has 1 heteroatoms. The van der Waals surface area contributed by atoms with Gasteiger partial charge in [-0.1, -0.05) is 38.8 Å². The Morgan fingerprint density at radius 1 is 1.10 bits per heavy atom. The maximum absolute atomic E-state index is 5.53. The van der Waals surface area contributed by atoms with Gasteiger partial charge in [-0.15, -0.1) is 0 Å². The lowest BCUT2D eigenvalue weighted by Gasteiger charge is -2.37. The number of hydrogen-bond donors (Lipinski definition) is 0. The van der Waals surface area contributed by atoms with E-state index >= 15 is 0 Å². The van der Waals surface area contributed by atoms with Gasteiger partial charge < -0.3 is 4.74 Å². The fourth-order valence-corrected chi connectivity index (χ4v) is 3.50. The number of hydrogen-bond acceptors (Lipinski definition) is 1. The van der Waals surface area contributed by atoms with Crippen molar-refractivity contribution in [2.75, 3.05) is 6.61 Å². The fourth-order valence-electron chi connectivity index (χ4n) is 3.50. The number of rotatable bonds is 6. The molecule has 112 valence electrons. The lowest BCUT2D eigenvalue weighted by Crippen LogP contribution is -2.23. The SMILES string of the molecule is CCCC[C@]1(C)CC[C@H](c2ccc(OCC)cc2)CC1. The van der Waals surface area contributed by atoms with Gasteiger partial charge in [-0.3, -0.25) is 0 Å². The summed E-state index contributed by atoms with van der Waals surface area (Å²) < 4.78 is 5.53. The Kier molecular flexibility index (Phi) is 5.51. The van der Waals surface area contributed by atoms with Gasteiger partial charge in [-0.05, 0) is 68.1 Å². The van der Waals surface area contributed by atoms with E-state index in [1.54, 1.807) is 0 Å². The van der Waals surface area contributed by atoms with Gasteiger partial charge >= 0.3 is 0 Å². The van der Waals surface area contributed by atoms with Crippen LogP contribution in [-0.2, 0) is 0 Å². The number of unbranched alkanes of at least 4 members (excludes halogenated alkanes) is 1. The molecule has 0 spiro atoms. The molecule has 0 unspecified atom stereocenters. The van der Waals surface area contributed by atoms with Gasteiger partial charge in [-0.25, -0.2) is 0 Å². The van der Waals surface area contributed by atoms with Crippen LogP contribution in [0.15, 0.2) is 24.3 Å². The van der Waals surface area contributed by atoms with Gasteiger partial charge in [0.25, 0.3) is 0 Å². The highest BCUT2D eigenvalue weighted by molar-refractivity contribution is 5.29. The van der Waals surface area contributed by atoms with E-state index in [4.69, 9.17) is 4.74 Å². The molecule has 0 saturated heterocycles. The minimum Gasteiger partial charge on any atom is -0.494 e. The van der Waals surface area contributed by atoms with Gasteiger partial charge in [0.05, 0.1) is 6.61 Å². The Balaban J connectivity index is 1.89. The van der Waals surface area contributed by atoms with Gasteiger partial charge in [0.15, 0.2) is 0 Å². The molecule has 1 nitrogen and oxygen atoms in total. The van der Waals surface area contributed by atoms with E-state index in [1.807, 2.05) is 6.92 Å². The zero-order chi connectivity index (χ0) is 14.4. The molecular formula is C19H30O. The molecule has 0 amide bonds. The summed E-state index contributed by atoms with van der Waals surface area (Å²) in [5, 5.41) is 0. The predicted molar refractivity (Wildman–Crippen MR) is 86.5 cm³/mol. The highest BCUT2D eigenvalue weighted by atomic mass is 16.5. The summed E-state index contributed by atoms with van der Waals surface area (Å²) in [6.07, 6.45) is 9.64. The first kappa shape index (κ1) is 15.4. The third-order valence-corrected chi connectivity index (χ3v) is 4.99. The minimum atomic E-state index is 0.609. The van der Waals surface area contributed by atoms with Crippen molar-refractivity contribution in [3.05, 3.63) is 29.8 Å². The Hall–Kier alpha value is -0.980. The third kappa shape index (κ3) is 4.01. The monoisotopic (exact) mass is 274 g/mol. The summed E-state index contributed by atoms with van der Waals surface area (Å²) >= 11 is 0. The summed E-state index contributed by atoms with van der Waals surface area (Å²) in [5.41, 5.74) is 2.11. The first-order valence-electron chi connectivity index (χ1n) is 8.39. The summed E-state index contributed by atoms with van der Waals surface area (Å²) in [5.74, 6) is 1.76. The van der Waals surface area contributed by atoms with Crippen LogP contribution in [0.1, 0.15) is 77.2 Å². The minimum absolute atomic E-state index is 0.609. The molecule has 1 aromatic carbocycles. The molecule has 0 bridgehead atoms. The van der Waals surface area contributed by atoms with Gasteiger partial charge in [0.1, 0.15) is 5.75 Å².